The number of hydrogen-bond donors (Lipinski definition) is 3. The van der Waals surface area contributed by atoms with Crippen LogP contribution in [0.2, 0.25) is 0 Å². The van der Waals surface area contributed by atoms with Crippen LogP contribution in [0.3, 0.4) is 0 Å². The van der Waals surface area contributed by atoms with Gasteiger partial charge in [-0.1, -0.05) is 35.9 Å². The number of aromatic nitrogens is 3. The summed E-state index contributed by atoms with van der Waals surface area (Å²) in [7, 11) is 1.78. The number of hydrogen-bond acceptors (Lipinski definition) is 5. The lowest BCUT2D eigenvalue weighted by atomic mass is 10.2. The Kier molecular flexibility index (Phi) is 4.63. The van der Waals surface area contributed by atoms with E-state index in [0.717, 1.165) is 22.6 Å². The highest BCUT2D eigenvalue weighted by atomic mass is 16.2. The number of nitrogens with zero attached hydrogens (tertiary/aromatic N) is 3. The topological polar surface area (TPSA) is 83.3 Å². The molecule has 2 aromatic carbocycles. The normalized spacial score (nSPS) is 10.6. The molecule has 0 saturated heterocycles. The van der Waals surface area contributed by atoms with Gasteiger partial charge in [-0.2, -0.15) is 0 Å². The van der Waals surface area contributed by atoms with Gasteiger partial charge in [-0.3, -0.25) is 4.79 Å². The van der Waals surface area contributed by atoms with Crippen LogP contribution in [0.15, 0.2) is 66.9 Å². The largest absolute Gasteiger partial charge is 0.372 e. The highest BCUT2D eigenvalue weighted by Crippen LogP contribution is 2.24. The minimum atomic E-state index is -0.275. The SMILES string of the molecule is CNc1cc(Nc2ccccc2)c2ncc(C(=O)Nc3ccc(C)cc3)n2n1. The molecular weight excluding hydrogens is 352 g/mol. The Hall–Kier alpha value is -3.87. The van der Waals surface area contributed by atoms with Crippen LogP contribution in [-0.4, -0.2) is 27.6 Å². The van der Waals surface area contributed by atoms with Crippen molar-refractivity contribution in [3.8, 4) is 0 Å². The number of carbonyl (C=O) groups is 1. The second kappa shape index (κ2) is 7.40. The molecule has 0 fully saturated rings. The van der Waals surface area contributed by atoms with Crippen molar-refractivity contribution in [3.63, 3.8) is 0 Å². The van der Waals surface area contributed by atoms with Gasteiger partial charge < -0.3 is 16.0 Å². The standard InChI is InChI=1S/C21H20N6O/c1-14-8-10-16(11-9-14)25-21(28)18-13-23-20-17(12-19(22-2)26-27(18)20)24-15-6-4-3-5-7-15/h3-13,24H,1-2H3,(H,22,26)(H,25,28). The van der Waals surface area contributed by atoms with Gasteiger partial charge in [0.05, 0.1) is 11.9 Å². The molecule has 0 aliphatic heterocycles. The highest BCUT2D eigenvalue weighted by molar-refractivity contribution is 6.03. The third-order valence-corrected chi connectivity index (χ3v) is 4.32. The first-order chi connectivity index (χ1) is 13.6. The van der Waals surface area contributed by atoms with Gasteiger partial charge in [0.1, 0.15) is 5.82 Å². The van der Waals surface area contributed by atoms with E-state index in [1.807, 2.05) is 67.6 Å². The van der Waals surface area contributed by atoms with Crippen LogP contribution in [0.1, 0.15) is 16.1 Å². The second-order valence-electron chi connectivity index (χ2n) is 6.38. The van der Waals surface area contributed by atoms with Crippen molar-refractivity contribution in [1.82, 2.24) is 14.6 Å². The van der Waals surface area contributed by atoms with Crippen molar-refractivity contribution < 1.29 is 4.79 Å². The molecule has 0 saturated carbocycles. The van der Waals surface area contributed by atoms with Gasteiger partial charge in [-0.05, 0) is 31.2 Å². The Bertz CT molecular complexity index is 1120. The number of rotatable bonds is 5. The predicted molar refractivity (Wildman–Crippen MR) is 111 cm³/mol. The third kappa shape index (κ3) is 3.50. The molecule has 0 atom stereocenters. The number of imidazole rings is 1. The van der Waals surface area contributed by atoms with Crippen LogP contribution in [0.25, 0.3) is 5.65 Å². The Morgan fingerprint density at radius 3 is 2.46 bits per heavy atom. The molecular formula is C21H20N6O. The average Bonchev–Trinajstić information content (AvgIpc) is 3.15. The van der Waals surface area contributed by atoms with Crippen LogP contribution in [0.4, 0.5) is 22.9 Å². The van der Waals surface area contributed by atoms with Gasteiger partial charge >= 0.3 is 0 Å². The first-order valence-corrected chi connectivity index (χ1v) is 8.90. The van der Waals surface area contributed by atoms with E-state index < -0.39 is 0 Å². The second-order valence-corrected chi connectivity index (χ2v) is 6.38. The van der Waals surface area contributed by atoms with E-state index in [2.05, 4.69) is 26.0 Å². The third-order valence-electron chi connectivity index (χ3n) is 4.32. The molecule has 0 radical (unpaired) electrons. The summed E-state index contributed by atoms with van der Waals surface area (Å²) in [5.74, 6) is 0.344. The van der Waals surface area contributed by atoms with Gasteiger partial charge in [0.25, 0.3) is 5.91 Å². The Balaban J connectivity index is 1.71. The van der Waals surface area contributed by atoms with E-state index in [1.165, 1.54) is 6.20 Å². The van der Waals surface area contributed by atoms with Crippen molar-refractivity contribution in [2.75, 3.05) is 23.0 Å². The highest BCUT2D eigenvalue weighted by Gasteiger charge is 2.17. The average molecular weight is 372 g/mol. The fourth-order valence-corrected chi connectivity index (χ4v) is 2.85. The molecule has 4 rings (SSSR count). The maximum atomic E-state index is 12.8. The fraction of sp³-hybridized carbons (Fsp3) is 0.0952. The molecule has 0 spiro atoms. The monoisotopic (exact) mass is 372 g/mol. The van der Waals surface area contributed by atoms with E-state index in [0.29, 0.717) is 17.2 Å². The van der Waals surface area contributed by atoms with E-state index in [9.17, 15) is 4.79 Å². The maximum Gasteiger partial charge on any atom is 0.276 e. The zero-order chi connectivity index (χ0) is 19.5. The van der Waals surface area contributed by atoms with E-state index >= 15 is 0 Å². The number of benzene rings is 2. The molecule has 140 valence electrons. The number of fused-ring (bicyclic) bond motifs is 1. The molecule has 3 N–H and O–H groups in total. The molecule has 2 heterocycles. The van der Waals surface area contributed by atoms with E-state index in [4.69, 9.17) is 0 Å². The molecule has 0 aliphatic carbocycles. The van der Waals surface area contributed by atoms with Crippen molar-refractivity contribution in [2.45, 2.75) is 6.92 Å². The molecule has 1 amide bonds. The quantitative estimate of drug-likeness (QED) is 0.492. The van der Waals surface area contributed by atoms with Gasteiger partial charge in [0.2, 0.25) is 0 Å². The van der Waals surface area contributed by atoms with Crippen LogP contribution >= 0.6 is 0 Å². The minimum absolute atomic E-state index is 0.275. The summed E-state index contributed by atoms with van der Waals surface area (Å²) < 4.78 is 1.54. The lowest BCUT2D eigenvalue weighted by Crippen LogP contribution is -2.16. The summed E-state index contributed by atoms with van der Waals surface area (Å²) in [4.78, 5) is 17.2. The molecule has 2 aromatic heterocycles. The molecule has 7 nitrogen and oxygen atoms in total. The summed E-state index contributed by atoms with van der Waals surface area (Å²) in [6, 6.07) is 19.3. The Morgan fingerprint density at radius 1 is 1.00 bits per heavy atom. The first-order valence-electron chi connectivity index (χ1n) is 8.90. The van der Waals surface area contributed by atoms with Crippen LogP contribution < -0.4 is 16.0 Å². The summed E-state index contributed by atoms with van der Waals surface area (Å²) in [6.45, 7) is 2.00. The Labute approximate surface area is 162 Å². The summed E-state index contributed by atoms with van der Waals surface area (Å²) in [5, 5.41) is 13.7. The van der Waals surface area contributed by atoms with Crippen LogP contribution in [0, 0.1) is 6.92 Å². The summed E-state index contributed by atoms with van der Waals surface area (Å²) >= 11 is 0. The van der Waals surface area contributed by atoms with Gasteiger partial charge in [-0.25, -0.2) is 9.50 Å². The maximum absolute atomic E-state index is 12.8. The zero-order valence-corrected chi connectivity index (χ0v) is 15.6. The molecule has 7 heteroatoms. The van der Waals surface area contributed by atoms with E-state index in [-0.39, 0.29) is 5.91 Å². The van der Waals surface area contributed by atoms with Crippen molar-refractivity contribution in [2.24, 2.45) is 0 Å². The van der Waals surface area contributed by atoms with Crippen molar-refractivity contribution in [1.29, 1.82) is 0 Å². The smallest absolute Gasteiger partial charge is 0.276 e. The number of para-hydroxylation sites is 1. The number of amides is 1. The lowest BCUT2D eigenvalue weighted by Gasteiger charge is -2.11. The lowest BCUT2D eigenvalue weighted by molar-refractivity contribution is 0.102. The zero-order valence-electron chi connectivity index (χ0n) is 15.6. The molecule has 0 bridgehead atoms. The fourth-order valence-electron chi connectivity index (χ4n) is 2.85. The van der Waals surface area contributed by atoms with Gasteiger partial charge in [-0.15, -0.1) is 5.10 Å². The number of carbonyl (C=O) groups excluding carboxylic acids is 1. The molecule has 28 heavy (non-hydrogen) atoms. The number of aryl methyl sites for hydroxylation is 1. The number of anilines is 4. The van der Waals surface area contributed by atoms with Gasteiger partial charge in [0.15, 0.2) is 11.3 Å². The first kappa shape index (κ1) is 17.5. The van der Waals surface area contributed by atoms with Crippen molar-refractivity contribution >= 4 is 34.4 Å². The summed E-state index contributed by atoms with van der Waals surface area (Å²) in [5.41, 5.74) is 4.44. The Morgan fingerprint density at radius 2 is 1.75 bits per heavy atom. The van der Waals surface area contributed by atoms with Gasteiger partial charge in [0, 0.05) is 24.5 Å². The predicted octanol–water partition coefficient (Wildman–Crippen LogP) is 4.08. The molecule has 0 aliphatic rings. The van der Waals surface area contributed by atoms with Crippen LogP contribution in [-0.2, 0) is 0 Å². The molecule has 4 aromatic rings. The number of nitrogens with one attached hydrogen (secondary N) is 3. The van der Waals surface area contributed by atoms with Crippen molar-refractivity contribution in [3.05, 3.63) is 78.1 Å². The molecule has 0 unspecified atom stereocenters. The minimum Gasteiger partial charge on any atom is -0.372 e. The summed E-state index contributed by atoms with van der Waals surface area (Å²) in [6.07, 6.45) is 1.53. The van der Waals surface area contributed by atoms with E-state index in [1.54, 1.807) is 11.6 Å². The van der Waals surface area contributed by atoms with Crippen LogP contribution in [0.5, 0.6) is 0 Å².